The maximum Gasteiger partial charge on any atom is 0.411 e. The quantitative estimate of drug-likeness (QED) is 0.499. The van der Waals surface area contributed by atoms with Crippen molar-refractivity contribution >= 4 is 11.8 Å². The third-order valence-electron chi connectivity index (χ3n) is 6.15. The fourth-order valence-corrected chi connectivity index (χ4v) is 4.29. The highest BCUT2D eigenvalue weighted by Gasteiger charge is 2.22. The fraction of sp³-hybridized carbons (Fsp3) is 0.321. The van der Waals surface area contributed by atoms with Crippen LogP contribution in [0.5, 0.6) is 0 Å². The maximum atomic E-state index is 12.6. The van der Waals surface area contributed by atoms with E-state index in [9.17, 15) is 4.79 Å². The number of nitrogens with one attached hydrogen (secondary N) is 1. The third kappa shape index (κ3) is 6.91. The molecule has 1 aliphatic rings. The Bertz CT molecular complexity index is 1000. The van der Waals surface area contributed by atoms with Crippen molar-refractivity contribution < 1.29 is 9.53 Å². The van der Waals surface area contributed by atoms with Crippen LogP contribution in [0.25, 0.3) is 11.1 Å². The van der Waals surface area contributed by atoms with E-state index in [0.29, 0.717) is 0 Å². The molecule has 1 saturated heterocycles. The lowest BCUT2D eigenvalue weighted by atomic mass is 10.0. The van der Waals surface area contributed by atoms with Gasteiger partial charge >= 0.3 is 6.09 Å². The van der Waals surface area contributed by atoms with Crippen molar-refractivity contribution in [1.82, 2.24) is 9.80 Å². The lowest BCUT2D eigenvalue weighted by Crippen LogP contribution is -2.41. The summed E-state index contributed by atoms with van der Waals surface area (Å²) in [5, 5.41) is 2.95. The normalized spacial score (nSPS) is 14.8. The number of likely N-dealkylation sites (tertiary alicyclic amines) is 1. The van der Waals surface area contributed by atoms with Crippen LogP contribution in [0.15, 0.2) is 84.9 Å². The summed E-state index contributed by atoms with van der Waals surface area (Å²) in [6, 6.07) is 28.5. The molecular weight excluding hydrogens is 410 g/mol. The number of benzene rings is 3. The molecule has 1 aliphatic heterocycles. The molecule has 1 N–H and O–H groups in total. The van der Waals surface area contributed by atoms with Gasteiger partial charge in [-0.3, -0.25) is 5.32 Å². The molecule has 0 unspecified atom stereocenters. The van der Waals surface area contributed by atoms with Crippen molar-refractivity contribution in [3.05, 3.63) is 90.5 Å². The molecule has 0 aliphatic carbocycles. The molecule has 3 aromatic carbocycles. The SMILES string of the molecule is CN(CCN1CCC(OC(=O)Nc2ccccc2-c2ccccc2)CC1)Cc1ccccc1. The molecule has 1 amide bonds. The van der Waals surface area contributed by atoms with Crippen molar-refractivity contribution in [2.45, 2.75) is 25.5 Å². The number of piperidine rings is 1. The summed E-state index contributed by atoms with van der Waals surface area (Å²) in [5.41, 5.74) is 4.17. The van der Waals surface area contributed by atoms with Crippen LogP contribution < -0.4 is 5.32 Å². The lowest BCUT2D eigenvalue weighted by molar-refractivity contribution is 0.0563. The summed E-state index contributed by atoms with van der Waals surface area (Å²) in [5.74, 6) is 0. The number of rotatable bonds is 8. The first-order valence-electron chi connectivity index (χ1n) is 11.7. The Hall–Kier alpha value is -3.15. The van der Waals surface area contributed by atoms with Gasteiger partial charge in [-0.1, -0.05) is 78.9 Å². The summed E-state index contributed by atoms with van der Waals surface area (Å²) >= 11 is 0. The van der Waals surface area contributed by atoms with Crippen molar-refractivity contribution in [1.29, 1.82) is 0 Å². The Morgan fingerprint density at radius 1 is 0.939 bits per heavy atom. The molecular formula is C28H33N3O2. The van der Waals surface area contributed by atoms with Crippen LogP contribution in [0.1, 0.15) is 18.4 Å². The van der Waals surface area contributed by atoms with Crippen LogP contribution in [-0.4, -0.2) is 55.2 Å². The fourth-order valence-electron chi connectivity index (χ4n) is 4.29. The zero-order chi connectivity index (χ0) is 22.9. The minimum absolute atomic E-state index is 0.0350. The van der Waals surface area contributed by atoms with Gasteiger partial charge in [-0.05, 0) is 37.1 Å². The van der Waals surface area contributed by atoms with Crippen molar-refractivity contribution in [3.8, 4) is 11.1 Å². The van der Waals surface area contributed by atoms with E-state index >= 15 is 0 Å². The van der Waals surface area contributed by atoms with Gasteiger partial charge < -0.3 is 14.5 Å². The summed E-state index contributed by atoms with van der Waals surface area (Å²) in [4.78, 5) is 17.4. The lowest BCUT2D eigenvalue weighted by Gasteiger charge is -2.32. The molecule has 1 fully saturated rings. The predicted octanol–water partition coefficient (Wildman–Crippen LogP) is 5.50. The van der Waals surface area contributed by atoms with E-state index in [4.69, 9.17) is 4.74 Å². The molecule has 33 heavy (non-hydrogen) atoms. The first-order chi connectivity index (χ1) is 16.2. The van der Waals surface area contributed by atoms with E-state index in [0.717, 1.165) is 62.4 Å². The van der Waals surface area contributed by atoms with Gasteiger partial charge in [0.15, 0.2) is 0 Å². The van der Waals surface area contributed by atoms with Gasteiger partial charge in [0, 0.05) is 38.3 Å². The van der Waals surface area contributed by atoms with Gasteiger partial charge in [0.1, 0.15) is 6.10 Å². The molecule has 0 spiro atoms. The van der Waals surface area contributed by atoms with E-state index in [1.165, 1.54) is 5.56 Å². The number of carbonyl (C=O) groups is 1. The zero-order valence-corrected chi connectivity index (χ0v) is 19.3. The van der Waals surface area contributed by atoms with Crippen LogP contribution in [0, 0.1) is 0 Å². The largest absolute Gasteiger partial charge is 0.446 e. The van der Waals surface area contributed by atoms with Crippen LogP contribution in [0.3, 0.4) is 0 Å². The Kier molecular flexibility index (Phi) is 8.12. The average molecular weight is 444 g/mol. The molecule has 1 heterocycles. The van der Waals surface area contributed by atoms with E-state index < -0.39 is 0 Å². The number of likely N-dealkylation sites (N-methyl/N-ethyl adjacent to an activating group) is 1. The predicted molar refractivity (Wildman–Crippen MR) is 134 cm³/mol. The number of para-hydroxylation sites is 1. The molecule has 0 bridgehead atoms. The average Bonchev–Trinajstić information content (AvgIpc) is 2.85. The number of nitrogens with zero attached hydrogens (tertiary/aromatic N) is 2. The number of carbonyl (C=O) groups excluding carboxylic acids is 1. The van der Waals surface area contributed by atoms with Gasteiger partial charge in [0.05, 0.1) is 5.69 Å². The van der Waals surface area contributed by atoms with Gasteiger partial charge in [-0.2, -0.15) is 0 Å². The standard InChI is InChI=1S/C28H33N3O2/c1-30(22-23-10-4-2-5-11-23)20-21-31-18-16-25(17-19-31)33-28(32)29-27-15-9-8-14-26(27)24-12-6-3-7-13-24/h2-15,25H,16-22H2,1H3,(H,29,32). The molecule has 0 aromatic heterocycles. The maximum absolute atomic E-state index is 12.6. The number of hydrogen-bond donors (Lipinski definition) is 1. The second kappa shape index (κ2) is 11.6. The Balaban J connectivity index is 1.20. The van der Waals surface area contributed by atoms with E-state index in [1.807, 2.05) is 54.6 Å². The summed E-state index contributed by atoms with van der Waals surface area (Å²) in [6.45, 7) is 4.93. The van der Waals surface area contributed by atoms with Crippen molar-refractivity contribution in [3.63, 3.8) is 0 Å². The third-order valence-corrected chi connectivity index (χ3v) is 6.15. The highest BCUT2D eigenvalue weighted by molar-refractivity contribution is 5.91. The van der Waals surface area contributed by atoms with Gasteiger partial charge in [0.2, 0.25) is 0 Å². The van der Waals surface area contributed by atoms with Gasteiger partial charge in [0.25, 0.3) is 0 Å². The molecule has 4 rings (SSSR count). The van der Waals surface area contributed by atoms with E-state index in [2.05, 4.69) is 52.5 Å². The van der Waals surface area contributed by atoms with Gasteiger partial charge in [-0.15, -0.1) is 0 Å². The Labute approximate surface area is 197 Å². The van der Waals surface area contributed by atoms with Crippen LogP contribution in [-0.2, 0) is 11.3 Å². The topological polar surface area (TPSA) is 44.8 Å². The van der Waals surface area contributed by atoms with Crippen molar-refractivity contribution in [2.24, 2.45) is 0 Å². The minimum atomic E-state index is -0.376. The Morgan fingerprint density at radius 2 is 1.58 bits per heavy atom. The number of ether oxygens (including phenoxy) is 1. The second-order valence-corrected chi connectivity index (χ2v) is 8.71. The molecule has 3 aromatic rings. The number of anilines is 1. The van der Waals surface area contributed by atoms with E-state index in [1.54, 1.807) is 0 Å². The number of amides is 1. The van der Waals surface area contributed by atoms with Crippen LogP contribution in [0.2, 0.25) is 0 Å². The highest BCUT2D eigenvalue weighted by Crippen LogP contribution is 2.28. The minimum Gasteiger partial charge on any atom is -0.446 e. The van der Waals surface area contributed by atoms with Crippen LogP contribution >= 0.6 is 0 Å². The van der Waals surface area contributed by atoms with E-state index in [-0.39, 0.29) is 12.2 Å². The van der Waals surface area contributed by atoms with Gasteiger partial charge in [-0.25, -0.2) is 4.79 Å². The zero-order valence-electron chi connectivity index (χ0n) is 19.3. The first-order valence-corrected chi connectivity index (χ1v) is 11.7. The van der Waals surface area contributed by atoms with Crippen molar-refractivity contribution in [2.75, 3.05) is 38.5 Å². The summed E-state index contributed by atoms with van der Waals surface area (Å²) in [7, 11) is 2.17. The van der Waals surface area contributed by atoms with Crippen LogP contribution in [0.4, 0.5) is 10.5 Å². The molecule has 172 valence electrons. The number of hydrogen-bond acceptors (Lipinski definition) is 4. The molecule has 0 atom stereocenters. The first kappa shape index (κ1) is 23.0. The molecule has 0 saturated carbocycles. The molecule has 5 nitrogen and oxygen atoms in total. The molecule has 5 heteroatoms. The summed E-state index contributed by atoms with van der Waals surface area (Å²) in [6.07, 6.45) is 1.33. The summed E-state index contributed by atoms with van der Waals surface area (Å²) < 4.78 is 5.75. The smallest absolute Gasteiger partial charge is 0.411 e. The highest BCUT2D eigenvalue weighted by atomic mass is 16.6. The Morgan fingerprint density at radius 3 is 2.30 bits per heavy atom. The second-order valence-electron chi connectivity index (χ2n) is 8.71. The molecule has 0 radical (unpaired) electrons. The monoisotopic (exact) mass is 443 g/mol.